The molecule has 2 aromatic rings. The molecule has 0 saturated carbocycles. The Hall–Kier alpha value is -1.89. The molecule has 1 unspecified atom stereocenters. The van der Waals surface area contributed by atoms with Crippen LogP contribution in [-0.2, 0) is 0 Å². The van der Waals surface area contributed by atoms with Crippen molar-refractivity contribution in [2.24, 2.45) is 4.99 Å². The summed E-state index contributed by atoms with van der Waals surface area (Å²) >= 11 is 0. The molecule has 0 saturated heterocycles. The highest BCUT2D eigenvalue weighted by Gasteiger charge is 2.11. The molecule has 0 aliphatic carbocycles. The normalized spacial score (nSPS) is 12.7. The molecule has 98 valence electrons. The fourth-order valence-corrected chi connectivity index (χ4v) is 2.15. The Morgan fingerprint density at radius 2 is 1.74 bits per heavy atom. The van der Waals surface area contributed by atoms with Crippen LogP contribution >= 0.6 is 0 Å². The van der Waals surface area contributed by atoms with Gasteiger partial charge in [0.2, 0.25) is 0 Å². The number of benzene rings is 2. The van der Waals surface area contributed by atoms with E-state index in [1.165, 1.54) is 16.7 Å². The summed E-state index contributed by atoms with van der Waals surface area (Å²) in [4.78, 5) is 4.77. The molecule has 1 heteroatoms. The highest BCUT2D eigenvalue weighted by molar-refractivity contribution is 5.58. The zero-order valence-corrected chi connectivity index (χ0v) is 11.7. The maximum atomic E-state index is 4.77. The summed E-state index contributed by atoms with van der Waals surface area (Å²) < 4.78 is 0. The molecule has 0 aliphatic rings. The maximum Gasteiger partial charge on any atom is 0.0995 e. The van der Waals surface area contributed by atoms with Gasteiger partial charge in [0, 0.05) is 0 Å². The molecule has 2 rings (SSSR count). The summed E-state index contributed by atoms with van der Waals surface area (Å²) in [6.45, 7) is 4.30. The quantitative estimate of drug-likeness (QED) is 0.666. The van der Waals surface area contributed by atoms with Gasteiger partial charge >= 0.3 is 0 Å². The Kier molecular flexibility index (Phi) is 4.91. The van der Waals surface area contributed by atoms with Gasteiger partial charge in [-0.2, -0.15) is 0 Å². The monoisotopic (exact) mass is 251 g/mol. The summed E-state index contributed by atoms with van der Waals surface area (Å²) in [6, 6.07) is 19.2. The van der Waals surface area contributed by atoms with Gasteiger partial charge in [-0.3, -0.25) is 4.99 Å². The van der Waals surface area contributed by atoms with Crippen LogP contribution < -0.4 is 0 Å². The minimum atomic E-state index is 0.118. The van der Waals surface area contributed by atoms with Gasteiger partial charge in [0.25, 0.3) is 0 Å². The van der Waals surface area contributed by atoms with Gasteiger partial charge in [-0.25, -0.2) is 0 Å². The number of rotatable bonds is 5. The maximum absolute atomic E-state index is 4.77. The molecule has 0 amide bonds. The molecule has 0 heterocycles. The van der Waals surface area contributed by atoms with Crippen LogP contribution in [0.15, 0.2) is 59.6 Å². The van der Waals surface area contributed by atoms with E-state index >= 15 is 0 Å². The molecule has 1 atom stereocenters. The highest BCUT2D eigenvalue weighted by Crippen LogP contribution is 2.26. The van der Waals surface area contributed by atoms with Crippen LogP contribution in [0.4, 0.5) is 0 Å². The van der Waals surface area contributed by atoms with Crippen LogP contribution in [0.2, 0.25) is 0 Å². The molecule has 2 aromatic carbocycles. The SMILES string of the molecule is CCC/C=N\C(c1ccccc1)c1cccc(C)c1. The molecule has 0 aromatic heterocycles. The van der Waals surface area contributed by atoms with Gasteiger partial charge in [-0.05, 0) is 30.7 Å². The van der Waals surface area contributed by atoms with Crippen LogP contribution in [0.25, 0.3) is 0 Å². The Labute approximate surface area is 116 Å². The number of hydrogen-bond donors (Lipinski definition) is 0. The van der Waals surface area contributed by atoms with Crippen molar-refractivity contribution in [2.45, 2.75) is 32.7 Å². The second kappa shape index (κ2) is 6.89. The second-order valence-electron chi connectivity index (χ2n) is 4.85. The molecule has 0 radical (unpaired) electrons. The van der Waals surface area contributed by atoms with E-state index in [-0.39, 0.29) is 6.04 Å². The molecule has 0 bridgehead atoms. The van der Waals surface area contributed by atoms with Crippen LogP contribution in [-0.4, -0.2) is 6.21 Å². The first kappa shape index (κ1) is 13.5. The summed E-state index contributed by atoms with van der Waals surface area (Å²) in [7, 11) is 0. The van der Waals surface area contributed by atoms with E-state index in [1.807, 2.05) is 6.07 Å². The van der Waals surface area contributed by atoms with Gasteiger partial charge in [0.15, 0.2) is 0 Å². The summed E-state index contributed by atoms with van der Waals surface area (Å²) in [5.41, 5.74) is 3.79. The van der Waals surface area contributed by atoms with Crippen molar-refractivity contribution in [2.75, 3.05) is 0 Å². The standard InChI is InChI=1S/C18H21N/c1-3-4-13-19-18(16-10-6-5-7-11-16)17-12-8-9-15(2)14-17/h5-14,18H,3-4H2,1-2H3/b19-13-. The summed E-state index contributed by atoms with van der Waals surface area (Å²) in [5, 5.41) is 0. The third-order valence-electron chi connectivity index (χ3n) is 3.15. The minimum absolute atomic E-state index is 0.118. The third-order valence-corrected chi connectivity index (χ3v) is 3.15. The van der Waals surface area contributed by atoms with Gasteiger partial charge in [-0.1, -0.05) is 73.5 Å². The van der Waals surface area contributed by atoms with Crippen LogP contribution in [0.1, 0.15) is 42.5 Å². The van der Waals surface area contributed by atoms with Crippen molar-refractivity contribution in [3.63, 3.8) is 0 Å². The lowest BCUT2D eigenvalue weighted by Gasteiger charge is -2.14. The first-order valence-electron chi connectivity index (χ1n) is 6.94. The van der Waals surface area contributed by atoms with E-state index < -0.39 is 0 Å². The number of aliphatic imine (C=N–C) groups is 1. The Bertz CT molecular complexity index is 528. The topological polar surface area (TPSA) is 12.4 Å². The lowest BCUT2D eigenvalue weighted by molar-refractivity contribution is 0.864. The Morgan fingerprint density at radius 3 is 2.42 bits per heavy atom. The number of aryl methyl sites for hydroxylation is 1. The molecule has 0 N–H and O–H groups in total. The molecule has 19 heavy (non-hydrogen) atoms. The molecule has 0 spiro atoms. The van der Waals surface area contributed by atoms with Crippen molar-refractivity contribution in [1.82, 2.24) is 0 Å². The van der Waals surface area contributed by atoms with E-state index in [9.17, 15) is 0 Å². The smallest absolute Gasteiger partial charge is 0.0995 e. The highest BCUT2D eigenvalue weighted by atomic mass is 14.8. The first-order chi connectivity index (χ1) is 9.31. The zero-order valence-electron chi connectivity index (χ0n) is 11.7. The van der Waals surface area contributed by atoms with Gasteiger partial charge in [0.05, 0.1) is 6.04 Å². The van der Waals surface area contributed by atoms with Crippen molar-refractivity contribution >= 4 is 6.21 Å². The van der Waals surface area contributed by atoms with E-state index in [2.05, 4.69) is 68.6 Å². The van der Waals surface area contributed by atoms with Crippen molar-refractivity contribution in [3.8, 4) is 0 Å². The van der Waals surface area contributed by atoms with Crippen LogP contribution in [0, 0.1) is 6.92 Å². The molecule has 0 aliphatic heterocycles. The molecular weight excluding hydrogens is 230 g/mol. The lowest BCUT2D eigenvalue weighted by Crippen LogP contribution is -1.99. The van der Waals surface area contributed by atoms with Crippen LogP contribution in [0.3, 0.4) is 0 Å². The third kappa shape index (κ3) is 3.78. The fraction of sp³-hybridized carbons (Fsp3) is 0.278. The summed E-state index contributed by atoms with van der Waals surface area (Å²) in [6.07, 6.45) is 4.23. The number of unbranched alkanes of at least 4 members (excludes halogenated alkanes) is 1. The van der Waals surface area contributed by atoms with Crippen molar-refractivity contribution < 1.29 is 0 Å². The first-order valence-corrected chi connectivity index (χ1v) is 6.94. The molecule has 0 fully saturated rings. The largest absolute Gasteiger partial charge is 0.285 e. The zero-order chi connectivity index (χ0) is 13.5. The fourth-order valence-electron chi connectivity index (χ4n) is 2.15. The van der Waals surface area contributed by atoms with Gasteiger partial charge in [0.1, 0.15) is 0 Å². The van der Waals surface area contributed by atoms with E-state index in [4.69, 9.17) is 4.99 Å². The van der Waals surface area contributed by atoms with Crippen LogP contribution in [0.5, 0.6) is 0 Å². The Balaban J connectivity index is 2.34. The van der Waals surface area contributed by atoms with E-state index in [1.54, 1.807) is 0 Å². The molecule has 1 nitrogen and oxygen atoms in total. The second-order valence-corrected chi connectivity index (χ2v) is 4.85. The predicted octanol–water partition coefficient (Wildman–Crippen LogP) is 4.96. The average Bonchev–Trinajstić information content (AvgIpc) is 2.45. The lowest BCUT2D eigenvalue weighted by atomic mass is 9.98. The number of nitrogens with zero attached hydrogens (tertiary/aromatic N) is 1. The van der Waals surface area contributed by atoms with Gasteiger partial charge < -0.3 is 0 Å². The van der Waals surface area contributed by atoms with Crippen molar-refractivity contribution in [3.05, 3.63) is 71.3 Å². The number of hydrogen-bond acceptors (Lipinski definition) is 1. The Morgan fingerprint density at radius 1 is 1.00 bits per heavy atom. The van der Waals surface area contributed by atoms with Gasteiger partial charge in [-0.15, -0.1) is 0 Å². The van der Waals surface area contributed by atoms with Crippen molar-refractivity contribution in [1.29, 1.82) is 0 Å². The average molecular weight is 251 g/mol. The predicted molar refractivity (Wildman–Crippen MR) is 82.9 cm³/mol. The molecular formula is C18H21N. The summed E-state index contributed by atoms with van der Waals surface area (Å²) in [5.74, 6) is 0. The van der Waals surface area contributed by atoms with E-state index in [0.717, 1.165) is 12.8 Å². The van der Waals surface area contributed by atoms with E-state index in [0.29, 0.717) is 0 Å². The minimum Gasteiger partial charge on any atom is -0.285 e.